The van der Waals surface area contributed by atoms with Crippen molar-refractivity contribution in [2.75, 3.05) is 11.9 Å². The van der Waals surface area contributed by atoms with Crippen molar-refractivity contribution in [3.05, 3.63) is 78.1 Å². The van der Waals surface area contributed by atoms with Crippen LogP contribution in [0.2, 0.25) is 0 Å². The van der Waals surface area contributed by atoms with Crippen LogP contribution < -0.4 is 16.1 Å². The van der Waals surface area contributed by atoms with E-state index in [2.05, 4.69) is 75.0 Å². The Balaban J connectivity index is 1.26. The highest BCUT2D eigenvalue weighted by Crippen LogP contribution is 2.29. The van der Waals surface area contributed by atoms with E-state index < -0.39 is 0 Å². The Bertz CT molecular complexity index is 1260. The van der Waals surface area contributed by atoms with Gasteiger partial charge in [-0.25, -0.2) is 15.4 Å². The average molecular weight is 501 g/mol. The molecule has 37 heavy (non-hydrogen) atoms. The highest BCUT2D eigenvalue weighted by molar-refractivity contribution is 5.91. The van der Waals surface area contributed by atoms with Crippen LogP contribution in [-0.4, -0.2) is 32.6 Å². The number of rotatable bonds is 14. The van der Waals surface area contributed by atoms with Crippen LogP contribution >= 0.6 is 0 Å². The SMILES string of the molecule is CC(Nc1ncnc2[nH]c(-c3ccc(CNCCCCCCCC(=O)NO)cc3)cc12)c1ccccc1. The van der Waals surface area contributed by atoms with Gasteiger partial charge >= 0.3 is 0 Å². The van der Waals surface area contributed by atoms with E-state index in [0.717, 1.165) is 73.3 Å². The molecule has 0 fully saturated rings. The minimum absolute atomic E-state index is 0.129. The smallest absolute Gasteiger partial charge is 0.243 e. The summed E-state index contributed by atoms with van der Waals surface area (Å²) in [5.41, 5.74) is 7.06. The van der Waals surface area contributed by atoms with Gasteiger partial charge in [-0.1, -0.05) is 73.9 Å². The first-order valence-electron chi connectivity index (χ1n) is 13.0. The molecule has 194 valence electrons. The molecule has 4 aromatic rings. The van der Waals surface area contributed by atoms with Crippen molar-refractivity contribution in [3.8, 4) is 11.3 Å². The van der Waals surface area contributed by atoms with Gasteiger partial charge in [0.05, 0.1) is 5.39 Å². The summed E-state index contributed by atoms with van der Waals surface area (Å²) in [6.07, 6.45) is 7.16. The van der Waals surface area contributed by atoms with Gasteiger partial charge in [-0.15, -0.1) is 0 Å². The minimum atomic E-state index is -0.305. The van der Waals surface area contributed by atoms with Crippen LogP contribution in [0.3, 0.4) is 0 Å². The number of H-pyrrole nitrogens is 1. The molecule has 1 amide bonds. The number of carbonyl (C=O) groups is 1. The summed E-state index contributed by atoms with van der Waals surface area (Å²) < 4.78 is 0. The van der Waals surface area contributed by atoms with Gasteiger partial charge in [0.15, 0.2) is 0 Å². The van der Waals surface area contributed by atoms with Crippen LogP contribution in [0.15, 0.2) is 67.0 Å². The summed E-state index contributed by atoms with van der Waals surface area (Å²) in [6.45, 7) is 3.93. The van der Waals surface area contributed by atoms with E-state index in [1.807, 2.05) is 18.2 Å². The first kappa shape index (κ1) is 26.3. The zero-order valence-corrected chi connectivity index (χ0v) is 21.3. The second kappa shape index (κ2) is 13.5. The largest absolute Gasteiger partial charge is 0.363 e. The molecular weight excluding hydrogens is 464 g/mol. The summed E-state index contributed by atoms with van der Waals surface area (Å²) in [5, 5.41) is 16.5. The fourth-order valence-electron chi connectivity index (χ4n) is 4.40. The zero-order valence-electron chi connectivity index (χ0n) is 21.3. The Morgan fingerprint density at radius 1 is 0.973 bits per heavy atom. The van der Waals surface area contributed by atoms with Gasteiger partial charge < -0.3 is 15.6 Å². The van der Waals surface area contributed by atoms with E-state index in [1.165, 1.54) is 11.1 Å². The number of anilines is 1. The minimum Gasteiger partial charge on any atom is -0.363 e. The average Bonchev–Trinajstić information content (AvgIpc) is 3.38. The molecule has 0 bridgehead atoms. The lowest BCUT2D eigenvalue weighted by atomic mass is 10.1. The van der Waals surface area contributed by atoms with Crippen molar-refractivity contribution < 1.29 is 10.0 Å². The van der Waals surface area contributed by atoms with Crippen LogP contribution in [-0.2, 0) is 11.3 Å². The number of fused-ring (bicyclic) bond motifs is 1. The Kier molecular flexibility index (Phi) is 9.62. The van der Waals surface area contributed by atoms with Crippen molar-refractivity contribution in [2.45, 2.75) is 58.0 Å². The number of aromatic amines is 1. The number of amides is 1. The number of carbonyl (C=O) groups excluding carboxylic acids is 1. The maximum atomic E-state index is 11.0. The molecule has 2 heterocycles. The highest BCUT2D eigenvalue weighted by atomic mass is 16.5. The molecule has 4 rings (SSSR count). The van der Waals surface area contributed by atoms with Crippen LogP contribution in [0.25, 0.3) is 22.3 Å². The molecule has 0 radical (unpaired) electrons. The molecule has 0 aliphatic carbocycles. The van der Waals surface area contributed by atoms with E-state index in [-0.39, 0.29) is 11.9 Å². The van der Waals surface area contributed by atoms with Gasteiger partial charge in [0.25, 0.3) is 0 Å². The Labute approximate surface area is 217 Å². The zero-order chi connectivity index (χ0) is 25.9. The lowest BCUT2D eigenvalue weighted by Gasteiger charge is -2.15. The summed E-state index contributed by atoms with van der Waals surface area (Å²) in [5.74, 6) is 0.515. The molecular formula is C29H36N6O2. The van der Waals surface area contributed by atoms with Crippen molar-refractivity contribution in [1.82, 2.24) is 25.7 Å². The lowest BCUT2D eigenvalue weighted by molar-refractivity contribution is -0.129. The van der Waals surface area contributed by atoms with Gasteiger partial charge in [0, 0.05) is 24.7 Å². The summed E-state index contributed by atoms with van der Waals surface area (Å²) in [4.78, 5) is 23.3. The van der Waals surface area contributed by atoms with E-state index in [9.17, 15) is 4.79 Å². The molecule has 5 N–H and O–H groups in total. The van der Waals surface area contributed by atoms with Crippen molar-refractivity contribution in [1.29, 1.82) is 0 Å². The third-order valence-corrected chi connectivity index (χ3v) is 6.55. The van der Waals surface area contributed by atoms with Gasteiger partial charge in [-0.3, -0.25) is 10.0 Å². The van der Waals surface area contributed by atoms with Crippen molar-refractivity contribution in [2.24, 2.45) is 0 Å². The van der Waals surface area contributed by atoms with Crippen LogP contribution in [0.5, 0.6) is 0 Å². The number of hydrogen-bond acceptors (Lipinski definition) is 6. The van der Waals surface area contributed by atoms with E-state index >= 15 is 0 Å². The molecule has 0 spiro atoms. The van der Waals surface area contributed by atoms with Crippen LogP contribution in [0.1, 0.15) is 62.6 Å². The number of benzene rings is 2. The molecule has 0 saturated heterocycles. The molecule has 2 aromatic carbocycles. The molecule has 1 unspecified atom stereocenters. The van der Waals surface area contributed by atoms with Crippen molar-refractivity contribution in [3.63, 3.8) is 0 Å². The molecule has 0 saturated carbocycles. The predicted molar refractivity (Wildman–Crippen MR) is 147 cm³/mol. The quantitative estimate of drug-likeness (QED) is 0.0858. The predicted octanol–water partition coefficient (Wildman–Crippen LogP) is 5.73. The third kappa shape index (κ3) is 7.62. The van der Waals surface area contributed by atoms with Gasteiger partial charge in [-0.05, 0) is 49.1 Å². The van der Waals surface area contributed by atoms with Crippen molar-refractivity contribution >= 4 is 22.8 Å². The Morgan fingerprint density at radius 2 is 1.73 bits per heavy atom. The molecule has 0 aliphatic rings. The fourth-order valence-corrected chi connectivity index (χ4v) is 4.40. The van der Waals surface area contributed by atoms with Gasteiger partial charge in [0.2, 0.25) is 5.91 Å². The maximum absolute atomic E-state index is 11.0. The normalized spacial score (nSPS) is 11.9. The molecule has 8 heteroatoms. The summed E-state index contributed by atoms with van der Waals surface area (Å²) >= 11 is 0. The second-order valence-electron chi connectivity index (χ2n) is 9.37. The maximum Gasteiger partial charge on any atom is 0.243 e. The third-order valence-electron chi connectivity index (χ3n) is 6.55. The second-order valence-corrected chi connectivity index (χ2v) is 9.37. The monoisotopic (exact) mass is 500 g/mol. The highest BCUT2D eigenvalue weighted by Gasteiger charge is 2.12. The van der Waals surface area contributed by atoms with E-state index in [4.69, 9.17) is 5.21 Å². The number of hydroxylamine groups is 1. The number of nitrogens with one attached hydrogen (secondary N) is 4. The summed E-state index contributed by atoms with van der Waals surface area (Å²) in [6, 6.07) is 21.2. The summed E-state index contributed by atoms with van der Waals surface area (Å²) in [7, 11) is 0. The topological polar surface area (TPSA) is 115 Å². The Morgan fingerprint density at radius 3 is 2.51 bits per heavy atom. The van der Waals surface area contributed by atoms with Crippen LogP contribution in [0, 0.1) is 0 Å². The number of aromatic nitrogens is 3. The van der Waals surface area contributed by atoms with Gasteiger partial charge in [0.1, 0.15) is 17.8 Å². The molecule has 0 aliphatic heterocycles. The molecule has 8 nitrogen and oxygen atoms in total. The number of hydrogen-bond donors (Lipinski definition) is 5. The first-order chi connectivity index (χ1) is 18.1. The Hall–Kier alpha value is -3.75. The van der Waals surface area contributed by atoms with Gasteiger partial charge in [-0.2, -0.15) is 0 Å². The van der Waals surface area contributed by atoms with E-state index in [0.29, 0.717) is 6.42 Å². The lowest BCUT2D eigenvalue weighted by Crippen LogP contribution is -2.17. The number of nitrogens with zero attached hydrogens (tertiary/aromatic N) is 2. The number of unbranched alkanes of at least 4 members (excludes halogenated alkanes) is 4. The fraction of sp³-hybridized carbons (Fsp3) is 0.345. The molecule has 1 atom stereocenters. The first-order valence-corrected chi connectivity index (χ1v) is 13.0. The standard InChI is InChI=1S/C29H36N6O2/c1-21(23-10-6-5-7-11-23)33-28-25-18-26(34-29(25)32-20-31-28)24-15-13-22(14-16-24)19-30-17-9-4-2-3-8-12-27(36)35-37/h5-7,10-11,13-16,18,20-21,30,37H,2-4,8-9,12,17,19H2,1H3,(H,35,36)(H2,31,32,33,34). The molecule has 2 aromatic heterocycles. The van der Waals surface area contributed by atoms with Crippen LogP contribution in [0.4, 0.5) is 5.82 Å². The van der Waals surface area contributed by atoms with E-state index in [1.54, 1.807) is 11.8 Å².